The quantitative estimate of drug-likeness (QED) is 0.524. The van der Waals surface area contributed by atoms with Crippen LogP contribution in [0.1, 0.15) is 47.7 Å². The first-order valence-corrected chi connectivity index (χ1v) is 10.1. The average Bonchev–Trinajstić information content (AvgIpc) is 2.74. The monoisotopic (exact) mass is 415 g/mol. The lowest BCUT2D eigenvalue weighted by Gasteiger charge is -2.31. The Kier molecular flexibility index (Phi) is 6.82. The minimum atomic E-state index is -0.634. The van der Waals surface area contributed by atoms with Crippen LogP contribution in [0.15, 0.2) is 23.0 Å². The number of carbonyl (C=O) groups excluding carboxylic acids is 1. The van der Waals surface area contributed by atoms with Crippen molar-refractivity contribution in [1.29, 1.82) is 0 Å². The molecule has 1 aromatic carbocycles. The molecule has 3 rings (SSSR count). The molecule has 1 heterocycles. The number of hydrogen-bond donors (Lipinski definition) is 1. The van der Waals surface area contributed by atoms with E-state index in [1.807, 2.05) is 12.1 Å². The number of esters is 1. The number of carbonyl (C=O) groups is 1. The van der Waals surface area contributed by atoms with Gasteiger partial charge in [-0.25, -0.2) is 4.79 Å². The number of aromatic amines is 1. The molecule has 1 N–H and O–H groups in total. The van der Waals surface area contributed by atoms with E-state index in [2.05, 4.69) is 18.8 Å². The minimum Gasteiger partial charge on any atom is -0.493 e. The first-order chi connectivity index (χ1) is 14.4. The van der Waals surface area contributed by atoms with Gasteiger partial charge in [-0.05, 0) is 47.6 Å². The van der Waals surface area contributed by atoms with Crippen LogP contribution in [-0.4, -0.2) is 45.5 Å². The molecule has 0 fully saturated rings. The molecule has 0 saturated carbocycles. The first-order valence-electron chi connectivity index (χ1n) is 10.1. The molecule has 0 saturated heterocycles. The molecule has 1 aromatic heterocycles. The standard InChI is InChI=1S/C23H29NO6/c1-13(2)15-9-14-10-20(30-8-6-7-27-3)19(28-4)12-16(14)21-17(15)11-18(22(25)24-21)23(26)29-5/h10-13,15H,6-9H2,1-5H3,(H,24,25). The van der Waals surface area contributed by atoms with Gasteiger partial charge in [0, 0.05) is 25.7 Å². The summed E-state index contributed by atoms with van der Waals surface area (Å²) in [6.07, 6.45) is 1.54. The number of fused-ring (bicyclic) bond motifs is 3. The maximum absolute atomic E-state index is 12.6. The fourth-order valence-corrected chi connectivity index (χ4v) is 3.93. The van der Waals surface area contributed by atoms with Crippen LogP contribution in [0.5, 0.6) is 11.5 Å². The Balaban J connectivity index is 2.10. The smallest absolute Gasteiger partial charge is 0.343 e. The number of H-pyrrole nitrogens is 1. The van der Waals surface area contributed by atoms with Crippen molar-refractivity contribution >= 4 is 5.97 Å². The van der Waals surface area contributed by atoms with Crippen LogP contribution in [0.2, 0.25) is 0 Å². The van der Waals surface area contributed by atoms with Crippen molar-refractivity contribution < 1.29 is 23.7 Å². The second-order valence-corrected chi connectivity index (χ2v) is 7.74. The van der Waals surface area contributed by atoms with Gasteiger partial charge in [0.1, 0.15) is 5.56 Å². The van der Waals surface area contributed by atoms with Gasteiger partial charge < -0.3 is 23.9 Å². The van der Waals surface area contributed by atoms with Crippen molar-refractivity contribution in [3.05, 3.63) is 45.2 Å². The van der Waals surface area contributed by atoms with E-state index in [9.17, 15) is 9.59 Å². The van der Waals surface area contributed by atoms with Crippen molar-refractivity contribution in [3.63, 3.8) is 0 Å². The summed E-state index contributed by atoms with van der Waals surface area (Å²) < 4.78 is 21.3. The molecule has 2 aromatic rings. The predicted molar refractivity (Wildman–Crippen MR) is 114 cm³/mol. The Morgan fingerprint density at radius 2 is 1.90 bits per heavy atom. The van der Waals surface area contributed by atoms with Gasteiger partial charge in [-0.2, -0.15) is 0 Å². The molecule has 0 amide bonds. The van der Waals surface area contributed by atoms with Crippen molar-refractivity contribution in [2.75, 3.05) is 34.5 Å². The van der Waals surface area contributed by atoms with Gasteiger partial charge in [0.2, 0.25) is 0 Å². The summed E-state index contributed by atoms with van der Waals surface area (Å²) in [5.41, 5.74) is 3.18. The average molecular weight is 415 g/mol. The number of hydrogen-bond acceptors (Lipinski definition) is 6. The van der Waals surface area contributed by atoms with Gasteiger partial charge in [0.25, 0.3) is 5.56 Å². The van der Waals surface area contributed by atoms with Crippen LogP contribution in [0, 0.1) is 5.92 Å². The molecule has 1 atom stereocenters. The van der Waals surface area contributed by atoms with Gasteiger partial charge in [0.05, 0.1) is 26.5 Å². The van der Waals surface area contributed by atoms with E-state index in [4.69, 9.17) is 18.9 Å². The fraction of sp³-hybridized carbons (Fsp3) is 0.478. The molecule has 7 heteroatoms. The lowest BCUT2D eigenvalue weighted by molar-refractivity contribution is 0.0598. The van der Waals surface area contributed by atoms with E-state index in [0.29, 0.717) is 30.6 Å². The highest BCUT2D eigenvalue weighted by Crippen LogP contribution is 2.45. The second-order valence-electron chi connectivity index (χ2n) is 7.74. The Labute approximate surface area is 176 Å². The molecule has 1 aliphatic carbocycles. The normalized spacial score (nSPS) is 14.8. The van der Waals surface area contributed by atoms with E-state index in [-0.39, 0.29) is 11.5 Å². The predicted octanol–water partition coefficient (Wildman–Crippen LogP) is 3.55. The Bertz CT molecular complexity index is 978. The number of methoxy groups -OCH3 is 3. The minimum absolute atomic E-state index is 0.0235. The van der Waals surface area contributed by atoms with Gasteiger partial charge in [0.15, 0.2) is 11.5 Å². The van der Waals surface area contributed by atoms with Crippen LogP contribution in [-0.2, 0) is 15.9 Å². The third-order valence-corrected chi connectivity index (χ3v) is 5.53. The van der Waals surface area contributed by atoms with Crippen LogP contribution in [0.3, 0.4) is 0 Å². The summed E-state index contributed by atoms with van der Waals surface area (Å²) in [6, 6.07) is 5.56. The maximum atomic E-state index is 12.6. The molecule has 0 spiro atoms. The van der Waals surface area contributed by atoms with Gasteiger partial charge in [-0.3, -0.25) is 4.79 Å². The third-order valence-electron chi connectivity index (χ3n) is 5.53. The summed E-state index contributed by atoms with van der Waals surface area (Å²) in [4.78, 5) is 27.5. The number of aromatic nitrogens is 1. The zero-order valence-corrected chi connectivity index (χ0v) is 18.2. The number of pyridine rings is 1. The lowest BCUT2D eigenvalue weighted by atomic mass is 9.75. The van der Waals surface area contributed by atoms with Crippen LogP contribution >= 0.6 is 0 Å². The molecule has 7 nitrogen and oxygen atoms in total. The molecule has 1 aliphatic rings. The summed E-state index contributed by atoms with van der Waals surface area (Å²) in [6.45, 7) is 5.41. The molecule has 0 radical (unpaired) electrons. The number of nitrogens with one attached hydrogen (secondary N) is 1. The molecule has 162 valence electrons. The molecule has 30 heavy (non-hydrogen) atoms. The molecular weight excluding hydrogens is 386 g/mol. The largest absolute Gasteiger partial charge is 0.493 e. The van der Waals surface area contributed by atoms with E-state index < -0.39 is 11.5 Å². The second kappa shape index (κ2) is 9.34. The van der Waals surface area contributed by atoms with Gasteiger partial charge in [-0.15, -0.1) is 0 Å². The van der Waals surface area contributed by atoms with Crippen LogP contribution in [0.25, 0.3) is 11.3 Å². The highest BCUT2D eigenvalue weighted by Gasteiger charge is 2.31. The summed E-state index contributed by atoms with van der Waals surface area (Å²) in [5, 5.41) is 0. The Morgan fingerprint density at radius 3 is 2.53 bits per heavy atom. The number of benzene rings is 1. The first kappa shape index (κ1) is 21.9. The number of ether oxygens (including phenoxy) is 4. The molecule has 1 unspecified atom stereocenters. The van der Waals surface area contributed by atoms with E-state index in [1.54, 1.807) is 20.3 Å². The highest BCUT2D eigenvalue weighted by molar-refractivity contribution is 5.90. The van der Waals surface area contributed by atoms with Crippen molar-refractivity contribution in [3.8, 4) is 22.8 Å². The van der Waals surface area contributed by atoms with Gasteiger partial charge in [-0.1, -0.05) is 13.8 Å². The molecular formula is C23H29NO6. The highest BCUT2D eigenvalue weighted by atomic mass is 16.5. The van der Waals surface area contributed by atoms with Crippen molar-refractivity contribution in [2.45, 2.75) is 32.6 Å². The van der Waals surface area contributed by atoms with Crippen LogP contribution < -0.4 is 15.0 Å². The van der Waals surface area contributed by atoms with Gasteiger partial charge >= 0.3 is 5.97 Å². The zero-order chi connectivity index (χ0) is 21.8. The summed E-state index contributed by atoms with van der Waals surface area (Å²) >= 11 is 0. The van der Waals surface area contributed by atoms with Crippen molar-refractivity contribution in [2.24, 2.45) is 5.92 Å². The summed E-state index contributed by atoms with van der Waals surface area (Å²) in [5.74, 6) is 1.08. The molecule has 0 bridgehead atoms. The fourth-order valence-electron chi connectivity index (χ4n) is 3.93. The topological polar surface area (TPSA) is 86.9 Å². The van der Waals surface area contributed by atoms with E-state index in [1.165, 1.54) is 7.11 Å². The SMILES string of the molecule is COCCCOc1cc2c(cc1OC)-c1[nH]c(=O)c(C(=O)OC)cc1C(C(C)C)C2. The van der Waals surface area contributed by atoms with E-state index >= 15 is 0 Å². The third kappa shape index (κ3) is 4.21. The number of rotatable bonds is 8. The zero-order valence-electron chi connectivity index (χ0n) is 18.2. The summed E-state index contributed by atoms with van der Waals surface area (Å²) in [7, 11) is 4.53. The molecule has 0 aliphatic heterocycles. The van der Waals surface area contributed by atoms with Crippen molar-refractivity contribution in [1.82, 2.24) is 4.98 Å². The Hall–Kier alpha value is -2.80. The maximum Gasteiger partial charge on any atom is 0.343 e. The lowest BCUT2D eigenvalue weighted by Crippen LogP contribution is -2.25. The van der Waals surface area contributed by atoms with Crippen LogP contribution in [0.4, 0.5) is 0 Å². The van der Waals surface area contributed by atoms with E-state index in [0.717, 1.165) is 35.2 Å². The Morgan fingerprint density at radius 1 is 1.13 bits per heavy atom.